The second-order valence-electron chi connectivity index (χ2n) is 7.26. The highest BCUT2D eigenvalue weighted by atomic mass is 35.5. The van der Waals surface area contributed by atoms with E-state index in [-0.39, 0.29) is 18.4 Å². The zero-order chi connectivity index (χ0) is 22.8. The van der Waals surface area contributed by atoms with Crippen LogP contribution in [-0.2, 0) is 17.8 Å². The van der Waals surface area contributed by atoms with Crippen molar-refractivity contribution in [1.29, 1.82) is 0 Å². The van der Waals surface area contributed by atoms with Gasteiger partial charge in [0.1, 0.15) is 6.04 Å². The molecule has 1 unspecified atom stereocenters. The van der Waals surface area contributed by atoms with Gasteiger partial charge < -0.3 is 15.4 Å². The Labute approximate surface area is 193 Å². The molecule has 32 heavy (non-hydrogen) atoms. The number of nitrogens with one attached hydrogen (secondary N) is 2. The molecule has 0 aliphatic rings. The summed E-state index contributed by atoms with van der Waals surface area (Å²) in [5, 5.41) is 6.29. The molecule has 0 saturated heterocycles. The maximum Gasteiger partial charge on any atom is 0.251 e. The van der Waals surface area contributed by atoms with Crippen LogP contribution in [0.3, 0.4) is 0 Å². The number of amides is 2. The molecular weight excluding hydrogens is 426 g/mol. The highest BCUT2D eigenvalue weighted by Crippen LogP contribution is 2.15. The predicted molar refractivity (Wildman–Crippen MR) is 125 cm³/mol. The summed E-state index contributed by atoms with van der Waals surface area (Å²) in [5.41, 5.74) is 2.15. The SMILES string of the molecule is CCCOc1ncccc1CNC(=O)C(Cc1ccccc1)NC(=O)c1ccc(Cl)cc1. The smallest absolute Gasteiger partial charge is 0.251 e. The summed E-state index contributed by atoms with van der Waals surface area (Å²) in [6, 6.07) is 19.0. The largest absolute Gasteiger partial charge is 0.477 e. The van der Waals surface area contributed by atoms with Gasteiger partial charge in [0.15, 0.2) is 0 Å². The summed E-state index contributed by atoms with van der Waals surface area (Å²) in [4.78, 5) is 30.1. The molecular formula is C25H26ClN3O3. The third kappa shape index (κ3) is 6.82. The number of halogens is 1. The lowest BCUT2D eigenvalue weighted by Crippen LogP contribution is -2.47. The molecule has 1 heterocycles. The van der Waals surface area contributed by atoms with Crippen molar-refractivity contribution in [3.63, 3.8) is 0 Å². The highest BCUT2D eigenvalue weighted by Gasteiger charge is 2.22. The van der Waals surface area contributed by atoms with Crippen LogP contribution in [0.2, 0.25) is 5.02 Å². The first-order valence-corrected chi connectivity index (χ1v) is 10.9. The van der Waals surface area contributed by atoms with Crippen molar-refractivity contribution < 1.29 is 14.3 Å². The van der Waals surface area contributed by atoms with Crippen LogP contribution in [0.1, 0.15) is 34.8 Å². The second kappa shape index (κ2) is 11.9. The normalized spacial score (nSPS) is 11.4. The van der Waals surface area contributed by atoms with Crippen molar-refractivity contribution in [2.24, 2.45) is 0 Å². The fraction of sp³-hybridized carbons (Fsp3) is 0.240. The van der Waals surface area contributed by atoms with E-state index < -0.39 is 6.04 Å². The van der Waals surface area contributed by atoms with Gasteiger partial charge in [-0.05, 0) is 42.3 Å². The fourth-order valence-corrected chi connectivity index (χ4v) is 3.22. The molecule has 7 heteroatoms. The van der Waals surface area contributed by atoms with E-state index >= 15 is 0 Å². The predicted octanol–water partition coefficient (Wildman–Crippen LogP) is 4.18. The van der Waals surface area contributed by atoms with Crippen LogP contribution in [0.25, 0.3) is 0 Å². The van der Waals surface area contributed by atoms with Crippen molar-refractivity contribution in [1.82, 2.24) is 15.6 Å². The molecule has 0 radical (unpaired) electrons. The van der Waals surface area contributed by atoms with Crippen molar-refractivity contribution in [2.45, 2.75) is 32.4 Å². The topological polar surface area (TPSA) is 80.3 Å². The summed E-state index contributed by atoms with van der Waals surface area (Å²) < 4.78 is 5.66. The van der Waals surface area contributed by atoms with Crippen LogP contribution < -0.4 is 15.4 Å². The Morgan fingerprint density at radius 2 is 1.78 bits per heavy atom. The average Bonchev–Trinajstić information content (AvgIpc) is 2.82. The van der Waals surface area contributed by atoms with Crippen LogP contribution in [0, 0.1) is 0 Å². The van der Waals surface area contributed by atoms with E-state index in [0.29, 0.717) is 29.5 Å². The van der Waals surface area contributed by atoms with E-state index in [1.165, 1.54) is 0 Å². The average molecular weight is 452 g/mol. The molecule has 2 amide bonds. The van der Waals surface area contributed by atoms with Crippen LogP contribution >= 0.6 is 11.6 Å². The molecule has 2 N–H and O–H groups in total. The summed E-state index contributed by atoms with van der Waals surface area (Å²) in [5.74, 6) is -0.132. The van der Waals surface area contributed by atoms with Gasteiger partial charge >= 0.3 is 0 Å². The number of pyridine rings is 1. The van der Waals surface area contributed by atoms with Crippen molar-refractivity contribution >= 4 is 23.4 Å². The number of nitrogens with zero attached hydrogens (tertiary/aromatic N) is 1. The lowest BCUT2D eigenvalue weighted by Gasteiger charge is -2.19. The van der Waals surface area contributed by atoms with Crippen LogP contribution in [-0.4, -0.2) is 29.4 Å². The summed E-state index contributed by atoms with van der Waals surface area (Å²) in [6.07, 6.45) is 2.87. The summed E-state index contributed by atoms with van der Waals surface area (Å²) in [7, 11) is 0. The van der Waals surface area contributed by atoms with Crippen molar-refractivity contribution in [3.05, 3.63) is 94.6 Å². The van der Waals surface area contributed by atoms with Gasteiger partial charge in [0.2, 0.25) is 11.8 Å². The van der Waals surface area contributed by atoms with Gasteiger partial charge in [0.05, 0.1) is 6.61 Å². The van der Waals surface area contributed by atoms with Gasteiger partial charge in [0.25, 0.3) is 5.91 Å². The number of ether oxygens (including phenoxy) is 1. The van der Waals surface area contributed by atoms with E-state index in [4.69, 9.17) is 16.3 Å². The van der Waals surface area contributed by atoms with E-state index in [9.17, 15) is 9.59 Å². The number of benzene rings is 2. The molecule has 0 bridgehead atoms. The molecule has 166 valence electrons. The number of hydrogen-bond acceptors (Lipinski definition) is 4. The van der Waals surface area contributed by atoms with Gasteiger partial charge in [-0.15, -0.1) is 0 Å². The third-order valence-corrected chi connectivity index (χ3v) is 5.01. The Morgan fingerprint density at radius 1 is 1.03 bits per heavy atom. The minimum Gasteiger partial charge on any atom is -0.477 e. The summed E-state index contributed by atoms with van der Waals surface area (Å²) in [6.45, 7) is 2.81. The quantitative estimate of drug-likeness (QED) is 0.484. The van der Waals surface area contributed by atoms with Gasteiger partial charge in [0, 0.05) is 35.3 Å². The number of rotatable bonds is 10. The standard InChI is InChI=1S/C25H26ClN3O3/c1-2-15-32-25-20(9-6-14-27-25)17-28-24(31)22(16-18-7-4-3-5-8-18)29-23(30)19-10-12-21(26)13-11-19/h3-14,22H,2,15-17H2,1H3,(H,28,31)(H,29,30). The van der Waals surface area contributed by atoms with Crippen LogP contribution in [0.15, 0.2) is 72.9 Å². The van der Waals surface area contributed by atoms with Gasteiger partial charge in [-0.3, -0.25) is 9.59 Å². The summed E-state index contributed by atoms with van der Waals surface area (Å²) >= 11 is 5.91. The Morgan fingerprint density at radius 3 is 2.50 bits per heavy atom. The van der Waals surface area contributed by atoms with Gasteiger partial charge in [-0.1, -0.05) is 54.9 Å². The first-order valence-electron chi connectivity index (χ1n) is 10.5. The maximum atomic E-state index is 13.1. The van der Waals surface area contributed by atoms with Crippen molar-refractivity contribution in [3.8, 4) is 5.88 Å². The fourth-order valence-electron chi connectivity index (χ4n) is 3.09. The lowest BCUT2D eigenvalue weighted by molar-refractivity contribution is -0.123. The molecule has 0 saturated carbocycles. The van der Waals surface area contributed by atoms with E-state index in [1.54, 1.807) is 36.5 Å². The number of hydrogen-bond donors (Lipinski definition) is 2. The molecule has 0 spiro atoms. The maximum absolute atomic E-state index is 13.1. The Kier molecular flexibility index (Phi) is 8.63. The van der Waals surface area contributed by atoms with Crippen molar-refractivity contribution in [2.75, 3.05) is 6.61 Å². The minimum absolute atomic E-state index is 0.244. The van der Waals surface area contributed by atoms with E-state index in [2.05, 4.69) is 15.6 Å². The Balaban J connectivity index is 1.71. The molecule has 2 aromatic carbocycles. The zero-order valence-electron chi connectivity index (χ0n) is 17.9. The van der Waals surface area contributed by atoms with Gasteiger partial charge in [-0.25, -0.2) is 4.98 Å². The molecule has 0 aliphatic carbocycles. The third-order valence-electron chi connectivity index (χ3n) is 4.76. The molecule has 1 aromatic heterocycles. The highest BCUT2D eigenvalue weighted by molar-refractivity contribution is 6.30. The first-order chi connectivity index (χ1) is 15.6. The molecule has 3 rings (SSSR count). The number of aromatic nitrogens is 1. The van der Waals surface area contributed by atoms with E-state index in [0.717, 1.165) is 17.5 Å². The second-order valence-corrected chi connectivity index (χ2v) is 7.69. The molecule has 0 fully saturated rings. The lowest BCUT2D eigenvalue weighted by atomic mass is 10.0. The Bertz CT molecular complexity index is 1030. The molecule has 3 aromatic rings. The van der Waals surface area contributed by atoms with Crippen LogP contribution in [0.5, 0.6) is 5.88 Å². The minimum atomic E-state index is -0.753. The van der Waals surface area contributed by atoms with Gasteiger partial charge in [-0.2, -0.15) is 0 Å². The number of carbonyl (C=O) groups is 2. The number of carbonyl (C=O) groups excluding carboxylic acids is 2. The molecule has 0 aliphatic heterocycles. The van der Waals surface area contributed by atoms with E-state index in [1.807, 2.05) is 43.3 Å². The Hall–Kier alpha value is -3.38. The monoisotopic (exact) mass is 451 g/mol. The first kappa shape index (κ1) is 23.3. The van der Waals surface area contributed by atoms with Crippen LogP contribution in [0.4, 0.5) is 0 Å². The molecule has 6 nitrogen and oxygen atoms in total. The zero-order valence-corrected chi connectivity index (χ0v) is 18.6. The molecule has 1 atom stereocenters.